The number of non-ortho nitro benzene ring substituents is 1. The van der Waals surface area contributed by atoms with E-state index in [9.17, 15) is 19.6 Å². The van der Waals surface area contributed by atoms with Crippen LogP contribution in [0.1, 0.15) is 30.7 Å². The molecule has 166 valence electrons. The van der Waals surface area contributed by atoms with Crippen molar-refractivity contribution in [3.8, 4) is 5.75 Å². The molecule has 2 aliphatic rings. The number of rotatable bonds is 4. The molecule has 0 unspecified atom stereocenters. The number of halogens is 1. The van der Waals surface area contributed by atoms with Gasteiger partial charge < -0.3 is 19.5 Å². The van der Waals surface area contributed by atoms with Crippen LogP contribution in [0.2, 0.25) is 0 Å². The fourth-order valence-corrected chi connectivity index (χ4v) is 3.79. The predicted octanol–water partition coefficient (Wildman–Crippen LogP) is 2.94. The molecule has 10 heteroatoms. The summed E-state index contributed by atoms with van der Waals surface area (Å²) in [7, 11) is 0. The van der Waals surface area contributed by atoms with Crippen LogP contribution in [-0.2, 0) is 29.2 Å². The fourth-order valence-electron chi connectivity index (χ4n) is 3.79. The number of pyridine rings is 1. The van der Waals surface area contributed by atoms with Gasteiger partial charge in [0.15, 0.2) is 11.6 Å². The molecule has 0 amide bonds. The molecule has 0 aliphatic carbocycles. The van der Waals surface area contributed by atoms with Crippen molar-refractivity contribution in [2.45, 2.75) is 39.4 Å². The lowest BCUT2D eigenvalue weighted by Crippen LogP contribution is -2.46. The second-order valence-corrected chi connectivity index (χ2v) is 8.19. The Balaban J connectivity index is 1.41. The van der Waals surface area contributed by atoms with Gasteiger partial charge in [0.2, 0.25) is 0 Å². The van der Waals surface area contributed by atoms with Crippen LogP contribution in [0.3, 0.4) is 0 Å². The zero-order chi connectivity index (χ0) is 22.2. The molecule has 0 bridgehead atoms. The molecule has 0 spiro atoms. The Morgan fingerprint density at radius 2 is 1.94 bits per heavy atom. The van der Waals surface area contributed by atoms with Gasteiger partial charge in [-0.25, -0.2) is 4.39 Å². The van der Waals surface area contributed by atoms with Crippen molar-refractivity contribution in [2.75, 3.05) is 31.1 Å². The maximum atomic E-state index is 14.3. The Bertz CT molecular complexity index is 992. The first kappa shape index (κ1) is 21.4. The van der Waals surface area contributed by atoms with E-state index in [2.05, 4.69) is 9.88 Å². The van der Waals surface area contributed by atoms with Gasteiger partial charge in [-0.05, 0) is 19.9 Å². The van der Waals surface area contributed by atoms with Gasteiger partial charge in [0.25, 0.3) is 5.69 Å². The monoisotopic (exact) mass is 432 g/mol. The van der Waals surface area contributed by atoms with Crippen LogP contribution in [0.5, 0.6) is 5.75 Å². The first-order valence-electron chi connectivity index (χ1n) is 10.1. The average molecular weight is 432 g/mol. The SMILES string of the molecule is CC1(C)OCc2cnc(CN3CCN(c4ccc([N+](=O)[O-])cc4F)CC3)c(O)c2CO1. The molecule has 31 heavy (non-hydrogen) atoms. The van der Waals surface area contributed by atoms with Crippen LogP contribution < -0.4 is 4.90 Å². The lowest BCUT2D eigenvalue weighted by atomic mass is 10.1. The second-order valence-electron chi connectivity index (χ2n) is 8.19. The van der Waals surface area contributed by atoms with Crippen molar-refractivity contribution in [2.24, 2.45) is 0 Å². The quantitative estimate of drug-likeness (QED) is 0.581. The number of ether oxygens (including phenoxy) is 2. The second kappa shape index (κ2) is 8.37. The molecule has 1 saturated heterocycles. The number of anilines is 1. The molecule has 1 aromatic heterocycles. The summed E-state index contributed by atoms with van der Waals surface area (Å²) in [5, 5.41) is 21.6. The number of nitro groups is 1. The number of hydrogen-bond acceptors (Lipinski definition) is 8. The van der Waals surface area contributed by atoms with Crippen molar-refractivity contribution in [1.29, 1.82) is 0 Å². The lowest BCUT2D eigenvalue weighted by Gasteiger charge is -2.36. The Kier molecular flexibility index (Phi) is 5.78. The highest BCUT2D eigenvalue weighted by atomic mass is 19.1. The molecule has 0 atom stereocenters. The molecule has 2 aliphatic heterocycles. The highest BCUT2D eigenvalue weighted by Gasteiger charge is 2.28. The highest BCUT2D eigenvalue weighted by molar-refractivity contribution is 5.52. The number of aromatic hydroxyl groups is 1. The summed E-state index contributed by atoms with van der Waals surface area (Å²) < 4.78 is 25.7. The van der Waals surface area contributed by atoms with Gasteiger partial charge in [-0.1, -0.05) is 0 Å². The minimum Gasteiger partial charge on any atom is -0.506 e. The molecular weight excluding hydrogens is 407 g/mol. The molecular formula is C21H25FN4O5. The summed E-state index contributed by atoms with van der Waals surface area (Å²) in [6, 6.07) is 3.72. The summed E-state index contributed by atoms with van der Waals surface area (Å²) in [5.41, 5.74) is 2.17. The molecule has 2 aromatic rings. The van der Waals surface area contributed by atoms with E-state index >= 15 is 0 Å². The number of benzene rings is 1. The minimum absolute atomic E-state index is 0.127. The number of nitrogens with zero attached hydrogens (tertiary/aromatic N) is 4. The third-order valence-corrected chi connectivity index (χ3v) is 5.69. The van der Waals surface area contributed by atoms with E-state index in [-0.39, 0.29) is 18.0 Å². The number of nitro benzene ring substituents is 1. The predicted molar refractivity (Wildman–Crippen MR) is 110 cm³/mol. The third kappa shape index (κ3) is 4.60. The van der Waals surface area contributed by atoms with Gasteiger partial charge in [-0.2, -0.15) is 0 Å². The summed E-state index contributed by atoms with van der Waals surface area (Å²) in [6.07, 6.45) is 1.72. The Morgan fingerprint density at radius 3 is 2.61 bits per heavy atom. The maximum absolute atomic E-state index is 14.3. The van der Waals surface area contributed by atoms with Gasteiger partial charge >= 0.3 is 0 Å². The Labute approximate surface area is 179 Å². The molecule has 9 nitrogen and oxygen atoms in total. The topological polar surface area (TPSA) is 101 Å². The molecule has 3 heterocycles. The zero-order valence-electron chi connectivity index (χ0n) is 17.5. The standard InChI is InChI=1S/C21H25FN4O5/c1-21(2)30-12-14-10-23-18(20(27)16(14)13-31-21)11-24-5-7-25(8-6-24)19-4-3-15(26(28)29)9-17(19)22/h3-4,9-10,27H,5-8,11-13H2,1-2H3. The first-order chi connectivity index (χ1) is 14.7. The van der Waals surface area contributed by atoms with E-state index in [0.717, 1.165) is 11.6 Å². The summed E-state index contributed by atoms with van der Waals surface area (Å²) >= 11 is 0. The zero-order valence-corrected chi connectivity index (χ0v) is 17.5. The van der Waals surface area contributed by atoms with E-state index in [1.165, 1.54) is 12.1 Å². The minimum atomic E-state index is -0.727. The molecule has 4 rings (SSSR count). The largest absolute Gasteiger partial charge is 0.506 e. The first-order valence-corrected chi connectivity index (χ1v) is 10.1. The van der Waals surface area contributed by atoms with Crippen LogP contribution in [0.15, 0.2) is 24.4 Å². The van der Waals surface area contributed by atoms with E-state index in [0.29, 0.717) is 56.3 Å². The smallest absolute Gasteiger partial charge is 0.272 e. The highest BCUT2D eigenvalue weighted by Crippen LogP contribution is 2.32. The Hall–Kier alpha value is -2.82. The van der Waals surface area contributed by atoms with Gasteiger partial charge in [0, 0.05) is 56.1 Å². The lowest BCUT2D eigenvalue weighted by molar-refractivity contribution is -0.385. The molecule has 0 saturated carbocycles. The molecule has 1 aromatic carbocycles. The van der Waals surface area contributed by atoms with E-state index in [1.54, 1.807) is 6.20 Å². The summed E-state index contributed by atoms with van der Waals surface area (Å²) in [6.45, 7) is 7.09. The van der Waals surface area contributed by atoms with Crippen LogP contribution in [0.25, 0.3) is 0 Å². The third-order valence-electron chi connectivity index (χ3n) is 5.69. The fraction of sp³-hybridized carbons (Fsp3) is 0.476. The molecule has 1 N–H and O–H groups in total. The van der Waals surface area contributed by atoms with Crippen molar-refractivity contribution in [3.63, 3.8) is 0 Å². The van der Waals surface area contributed by atoms with Crippen molar-refractivity contribution < 1.29 is 23.9 Å². The maximum Gasteiger partial charge on any atom is 0.272 e. The van der Waals surface area contributed by atoms with Crippen LogP contribution in [-0.4, -0.2) is 51.9 Å². The van der Waals surface area contributed by atoms with E-state index in [4.69, 9.17) is 9.47 Å². The van der Waals surface area contributed by atoms with Gasteiger partial charge in [0.05, 0.1) is 35.6 Å². The number of piperazine rings is 1. The van der Waals surface area contributed by atoms with Gasteiger partial charge in [0.1, 0.15) is 5.75 Å². The summed E-state index contributed by atoms with van der Waals surface area (Å²) in [5.74, 6) is -1.20. The van der Waals surface area contributed by atoms with Gasteiger partial charge in [-0.3, -0.25) is 20.0 Å². The van der Waals surface area contributed by atoms with Gasteiger partial charge in [-0.15, -0.1) is 0 Å². The van der Waals surface area contributed by atoms with Crippen molar-refractivity contribution in [3.05, 3.63) is 57.1 Å². The van der Waals surface area contributed by atoms with Crippen LogP contribution in [0.4, 0.5) is 15.8 Å². The summed E-state index contributed by atoms with van der Waals surface area (Å²) in [4.78, 5) is 18.6. The van der Waals surface area contributed by atoms with Crippen LogP contribution >= 0.6 is 0 Å². The number of hydrogen-bond donors (Lipinski definition) is 1. The van der Waals surface area contributed by atoms with E-state index < -0.39 is 16.5 Å². The number of fused-ring (bicyclic) bond motifs is 1. The van der Waals surface area contributed by atoms with E-state index in [1.807, 2.05) is 18.7 Å². The molecule has 1 fully saturated rings. The normalized spacial score (nSPS) is 19.0. The van der Waals surface area contributed by atoms with Crippen molar-refractivity contribution >= 4 is 11.4 Å². The molecule has 0 radical (unpaired) electrons. The number of aromatic nitrogens is 1. The average Bonchev–Trinajstić information content (AvgIpc) is 2.89. The van der Waals surface area contributed by atoms with Crippen molar-refractivity contribution in [1.82, 2.24) is 9.88 Å². The van der Waals surface area contributed by atoms with Crippen LogP contribution in [0, 0.1) is 15.9 Å². The Morgan fingerprint density at radius 1 is 1.23 bits per heavy atom.